The molecule has 0 aliphatic carbocycles. The van der Waals surface area contributed by atoms with Crippen molar-refractivity contribution in [1.82, 2.24) is 14.9 Å². The quantitative estimate of drug-likeness (QED) is 0.149. The Kier molecular flexibility index (Phi) is 7.99. The van der Waals surface area contributed by atoms with Gasteiger partial charge in [0.2, 0.25) is 10.0 Å². The minimum atomic E-state index is -3.61. The molecule has 2 atom stereocenters. The molecule has 0 unspecified atom stereocenters. The zero-order valence-corrected chi connectivity index (χ0v) is 25.7. The van der Waals surface area contributed by atoms with Crippen LogP contribution in [0.15, 0.2) is 66.9 Å². The highest BCUT2D eigenvalue weighted by Crippen LogP contribution is 2.45. The summed E-state index contributed by atoms with van der Waals surface area (Å²) in [5, 5.41) is 15.9. The van der Waals surface area contributed by atoms with Crippen LogP contribution in [0.5, 0.6) is 11.5 Å². The molecule has 1 aliphatic rings. The van der Waals surface area contributed by atoms with Gasteiger partial charge < -0.3 is 24.3 Å². The lowest BCUT2D eigenvalue weighted by molar-refractivity contribution is -0.384. The number of nitro benzene ring substituents is 1. The van der Waals surface area contributed by atoms with Gasteiger partial charge in [-0.15, -0.1) is 0 Å². The summed E-state index contributed by atoms with van der Waals surface area (Å²) in [6.45, 7) is 3.78. The Labute approximate surface area is 254 Å². The number of aromatic nitrogens is 2. The van der Waals surface area contributed by atoms with E-state index in [0.29, 0.717) is 28.0 Å². The maximum atomic E-state index is 12.1. The smallest absolute Gasteiger partial charge is 0.296 e. The highest BCUT2D eigenvalue weighted by molar-refractivity contribution is 7.92. The van der Waals surface area contributed by atoms with Crippen LogP contribution in [0.25, 0.3) is 5.69 Å². The second-order valence-corrected chi connectivity index (χ2v) is 12.2. The average Bonchev–Trinajstić information content (AvgIpc) is 3.46. The lowest BCUT2D eigenvalue weighted by Crippen LogP contribution is -2.29. The molecule has 5 rings (SSSR count). The Morgan fingerprint density at radius 1 is 1.07 bits per heavy atom. The summed E-state index contributed by atoms with van der Waals surface area (Å²) >= 11 is 5.86. The van der Waals surface area contributed by atoms with Crippen LogP contribution in [-0.4, -0.2) is 48.5 Å². The van der Waals surface area contributed by atoms with Gasteiger partial charge in [-0.2, -0.15) is 0 Å². The number of thiocarbonyl (C=S) groups is 1. The summed E-state index contributed by atoms with van der Waals surface area (Å²) in [7, 11) is -0.697. The summed E-state index contributed by atoms with van der Waals surface area (Å²) in [6, 6.07) is 16.6. The van der Waals surface area contributed by atoms with Crippen molar-refractivity contribution in [3.8, 4) is 17.2 Å². The fourth-order valence-electron chi connectivity index (χ4n) is 5.50. The lowest BCUT2D eigenvalue weighted by atomic mass is 9.96. The van der Waals surface area contributed by atoms with Gasteiger partial charge >= 0.3 is 0 Å². The molecule has 0 saturated carbocycles. The third-order valence-electron chi connectivity index (χ3n) is 7.26. The molecule has 43 heavy (non-hydrogen) atoms. The lowest BCUT2D eigenvalue weighted by Gasteiger charge is -2.29. The van der Waals surface area contributed by atoms with Crippen molar-refractivity contribution < 1.29 is 22.8 Å². The number of hydrogen-bond acceptors (Lipinski definition) is 8. The third-order valence-corrected chi connectivity index (χ3v) is 8.17. The van der Waals surface area contributed by atoms with E-state index in [4.69, 9.17) is 21.7 Å². The summed E-state index contributed by atoms with van der Waals surface area (Å²) in [5.41, 5.74) is 4.27. The molecular formula is C29H30N6O6S2. The molecule has 1 saturated heterocycles. The minimum Gasteiger partial charge on any atom is -0.496 e. The van der Waals surface area contributed by atoms with Gasteiger partial charge in [-0.1, -0.05) is 6.07 Å². The number of nitrogens with one attached hydrogen (secondary N) is 2. The first-order chi connectivity index (χ1) is 20.4. The molecule has 0 spiro atoms. The van der Waals surface area contributed by atoms with E-state index in [2.05, 4.69) is 15.0 Å². The number of nitrogens with zero attached hydrogens (tertiary/aromatic N) is 4. The first kappa shape index (κ1) is 29.8. The molecule has 3 heterocycles. The second kappa shape index (κ2) is 11.5. The van der Waals surface area contributed by atoms with E-state index in [9.17, 15) is 18.5 Å². The van der Waals surface area contributed by atoms with Crippen LogP contribution in [0.2, 0.25) is 0 Å². The number of sulfonamides is 1. The number of nitro groups is 1. The Morgan fingerprint density at radius 3 is 2.47 bits per heavy atom. The van der Waals surface area contributed by atoms with E-state index in [1.807, 2.05) is 47.6 Å². The highest BCUT2D eigenvalue weighted by atomic mass is 32.2. The predicted molar refractivity (Wildman–Crippen MR) is 168 cm³/mol. The fourth-order valence-corrected chi connectivity index (χ4v) is 6.40. The van der Waals surface area contributed by atoms with Crippen LogP contribution in [0.4, 0.5) is 17.1 Å². The summed E-state index contributed by atoms with van der Waals surface area (Å²) in [5.74, 6) is 0.720. The Balaban J connectivity index is 1.71. The number of ether oxygens (including phenoxy) is 2. The van der Waals surface area contributed by atoms with Gasteiger partial charge in [0, 0.05) is 23.3 Å². The third kappa shape index (κ3) is 5.70. The Bertz CT molecular complexity index is 1830. The number of hydrogen-bond donors (Lipinski definition) is 2. The number of benzene rings is 2. The highest BCUT2D eigenvalue weighted by Gasteiger charge is 2.42. The summed E-state index contributed by atoms with van der Waals surface area (Å²) < 4.78 is 39.3. The van der Waals surface area contributed by atoms with E-state index in [1.165, 1.54) is 20.3 Å². The molecule has 12 nitrogen and oxygen atoms in total. The molecule has 1 fully saturated rings. The van der Waals surface area contributed by atoms with E-state index >= 15 is 0 Å². The maximum Gasteiger partial charge on any atom is 0.296 e. The van der Waals surface area contributed by atoms with E-state index in [0.717, 1.165) is 28.9 Å². The zero-order chi connectivity index (χ0) is 31.1. The fraction of sp³-hybridized carbons (Fsp3) is 0.241. The molecule has 0 amide bonds. The van der Waals surface area contributed by atoms with Crippen LogP contribution in [0.3, 0.4) is 0 Å². The van der Waals surface area contributed by atoms with Crippen molar-refractivity contribution in [2.75, 3.05) is 30.1 Å². The number of aryl methyl sites for hydroxylation is 1. The van der Waals surface area contributed by atoms with Gasteiger partial charge in [0.15, 0.2) is 5.11 Å². The van der Waals surface area contributed by atoms with Crippen LogP contribution in [-0.2, 0) is 10.0 Å². The SMILES string of the molecule is COc1ccc(-n2c(C)cc([C@@H]3[C@@H](c4ccccn4)NC(=S)N3c3ccc(OC)c(NS(C)(=O)=O)c3)c2C)c([N+](=O)[O-])c1. The van der Waals surface area contributed by atoms with Crippen molar-refractivity contribution in [1.29, 1.82) is 0 Å². The average molecular weight is 623 g/mol. The topological polar surface area (TPSA) is 141 Å². The van der Waals surface area contributed by atoms with Crippen LogP contribution < -0.4 is 24.4 Å². The van der Waals surface area contributed by atoms with Crippen molar-refractivity contribution in [2.45, 2.75) is 25.9 Å². The molecular weight excluding hydrogens is 592 g/mol. The number of anilines is 2. The molecule has 14 heteroatoms. The molecule has 1 aliphatic heterocycles. The molecule has 2 aromatic carbocycles. The largest absolute Gasteiger partial charge is 0.496 e. The Morgan fingerprint density at radius 2 is 1.84 bits per heavy atom. The van der Waals surface area contributed by atoms with E-state index in [-0.39, 0.29) is 11.4 Å². The molecule has 224 valence electrons. The van der Waals surface area contributed by atoms with Crippen LogP contribution >= 0.6 is 12.2 Å². The first-order valence-electron chi connectivity index (χ1n) is 13.1. The van der Waals surface area contributed by atoms with Gasteiger partial charge in [0.05, 0.1) is 54.9 Å². The number of rotatable bonds is 9. The molecule has 4 aromatic rings. The number of methoxy groups -OCH3 is 2. The van der Waals surface area contributed by atoms with Crippen LogP contribution in [0, 0.1) is 24.0 Å². The van der Waals surface area contributed by atoms with Gasteiger partial charge in [-0.3, -0.25) is 19.8 Å². The maximum absolute atomic E-state index is 12.1. The van der Waals surface area contributed by atoms with Crippen LogP contribution in [0.1, 0.15) is 34.7 Å². The number of pyridine rings is 1. The molecule has 0 bridgehead atoms. The minimum absolute atomic E-state index is 0.0995. The van der Waals surface area contributed by atoms with E-state index < -0.39 is 27.0 Å². The van der Waals surface area contributed by atoms with E-state index in [1.54, 1.807) is 36.5 Å². The van der Waals surface area contributed by atoms with Gasteiger partial charge in [0.25, 0.3) is 5.69 Å². The van der Waals surface area contributed by atoms with Gasteiger partial charge in [-0.05, 0) is 80.2 Å². The van der Waals surface area contributed by atoms with Crippen molar-refractivity contribution in [2.24, 2.45) is 0 Å². The molecule has 2 aromatic heterocycles. The zero-order valence-electron chi connectivity index (χ0n) is 24.1. The van der Waals surface area contributed by atoms with Crippen molar-refractivity contribution in [3.63, 3.8) is 0 Å². The normalized spacial score (nSPS) is 16.6. The summed E-state index contributed by atoms with van der Waals surface area (Å²) in [6.07, 6.45) is 2.76. The first-order valence-corrected chi connectivity index (χ1v) is 15.4. The summed E-state index contributed by atoms with van der Waals surface area (Å²) in [4.78, 5) is 18.1. The predicted octanol–water partition coefficient (Wildman–Crippen LogP) is 4.96. The van der Waals surface area contributed by atoms with Gasteiger partial charge in [0.1, 0.15) is 17.2 Å². The molecule has 0 radical (unpaired) electrons. The van der Waals surface area contributed by atoms with Gasteiger partial charge in [-0.25, -0.2) is 8.42 Å². The second-order valence-electron chi connectivity index (χ2n) is 10.0. The Hall–Kier alpha value is -4.69. The standard InChI is InChI=1S/C29H30N6O6S2/c1-17-14-21(18(2)33(17)24-11-10-20(40-3)16-25(24)35(36)37)28-27(22-8-6-7-13-30-22)31-29(42)34(28)19-9-12-26(41-4)23(15-19)32-43(5,38)39/h6-16,27-28,32H,1-5H3,(H,31,42)/t27-,28-/m1/s1. The van der Waals surface area contributed by atoms with Crippen molar-refractivity contribution in [3.05, 3.63) is 99.6 Å². The monoisotopic (exact) mass is 622 g/mol. The van der Waals surface area contributed by atoms with Crippen molar-refractivity contribution >= 4 is 44.4 Å². The molecule has 2 N–H and O–H groups in total.